The SMILES string of the molecule is Cc1ccc(-c2cc3c(=O)[nH]cnc3c(-c3cccnc3)n2)cn1. The van der Waals surface area contributed by atoms with Crippen LogP contribution >= 0.6 is 0 Å². The summed E-state index contributed by atoms with van der Waals surface area (Å²) < 4.78 is 0. The zero-order valence-electron chi connectivity index (χ0n) is 12.9. The number of aromatic nitrogens is 5. The Labute approximate surface area is 137 Å². The standard InChI is InChI=1S/C18H13N5O/c1-11-4-5-12(9-20-11)15-7-14-17(21-10-22-18(14)24)16(23-15)13-3-2-6-19-8-13/h2-10H,1H3,(H,21,22,24). The van der Waals surface area contributed by atoms with Crippen molar-refractivity contribution in [1.82, 2.24) is 24.9 Å². The highest BCUT2D eigenvalue weighted by Gasteiger charge is 2.13. The summed E-state index contributed by atoms with van der Waals surface area (Å²) in [5.74, 6) is 0. The van der Waals surface area contributed by atoms with Gasteiger partial charge in [-0.05, 0) is 37.3 Å². The molecule has 0 atom stereocenters. The highest BCUT2D eigenvalue weighted by atomic mass is 16.1. The Morgan fingerprint density at radius 3 is 2.71 bits per heavy atom. The molecule has 0 aliphatic rings. The summed E-state index contributed by atoms with van der Waals surface area (Å²) in [6.45, 7) is 1.92. The van der Waals surface area contributed by atoms with E-state index in [1.165, 1.54) is 6.33 Å². The van der Waals surface area contributed by atoms with E-state index >= 15 is 0 Å². The fraction of sp³-hybridized carbons (Fsp3) is 0.0556. The lowest BCUT2D eigenvalue weighted by atomic mass is 10.1. The van der Waals surface area contributed by atoms with Crippen LogP contribution in [0, 0.1) is 6.92 Å². The van der Waals surface area contributed by atoms with Gasteiger partial charge in [0, 0.05) is 35.4 Å². The number of H-pyrrole nitrogens is 1. The summed E-state index contributed by atoms with van der Waals surface area (Å²) in [5.41, 5.74) is 4.23. The average Bonchev–Trinajstić information content (AvgIpc) is 2.63. The van der Waals surface area contributed by atoms with E-state index in [4.69, 9.17) is 4.98 Å². The maximum Gasteiger partial charge on any atom is 0.258 e. The second-order valence-electron chi connectivity index (χ2n) is 5.41. The van der Waals surface area contributed by atoms with Gasteiger partial charge in [-0.3, -0.25) is 14.8 Å². The number of aromatic amines is 1. The summed E-state index contributed by atoms with van der Waals surface area (Å²) >= 11 is 0. The second-order valence-corrected chi connectivity index (χ2v) is 5.41. The van der Waals surface area contributed by atoms with Gasteiger partial charge < -0.3 is 4.98 Å². The van der Waals surface area contributed by atoms with Crippen LogP contribution < -0.4 is 5.56 Å². The van der Waals surface area contributed by atoms with Gasteiger partial charge in [-0.2, -0.15) is 0 Å². The third-order valence-electron chi connectivity index (χ3n) is 3.77. The molecule has 0 radical (unpaired) electrons. The summed E-state index contributed by atoms with van der Waals surface area (Å²) in [6, 6.07) is 9.32. The van der Waals surface area contributed by atoms with Gasteiger partial charge in [0.2, 0.25) is 0 Å². The minimum Gasteiger partial charge on any atom is -0.313 e. The van der Waals surface area contributed by atoms with Gasteiger partial charge in [0.25, 0.3) is 5.56 Å². The van der Waals surface area contributed by atoms with E-state index in [2.05, 4.69) is 19.9 Å². The van der Waals surface area contributed by atoms with Gasteiger partial charge in [0.15, 0.2) is 0 Å². The van der Waals surface area contributed by atoms with E-state index in [-0.39, 0.29) is 5.56 Å². The van der Waals surface area contributed by atoms with Crippen molar-refractivity contribution in [2.45, 2.75) is 6.92 Å². The van der Waals surface area contributed by atoms with Crippen LogP contribution in [-0.4, -0.2) is 24.9 Å². The average molecular weight is 315 g/mol. The maximum atomic E-state index is 12.2. The molecule has 0 bridgehead atoms. The number of fused-ring (bicyclic) bond motifs is 1. The van der Waals surface area contributed by atoms with Gasteiger partial charge >= 0.3 is 0 Å². The molecule has 0 fully saturated rings. The molecule has 4 aromatic heterocycles. The number of rotatable bonds is 2. The van der Waals surface area contributed by atoms with E-state index in [9.17, 15) is 4.79 Å². The van der Waals surface area contributed by atoms with E-state index in [0.29, 0.717) is 22.3 Å². The number of hydrogen-bond donors (Lipinski definition) is 1. The molecule has 0 spiro atoms. The number of hydrogen-bond acceptors (Lipinski definition) is 5. The molecule has 4 heterocycles. The molecule has 0 aliphatic heterocycles. The van der Waals surface area contributed by atoms with Crippen LogP contribution in [0.15, 0.2) is 60.0 Å². The maximum absolute atomic E-state index is 12.2. The van der Waals surface area contributed by atoms with E-state index in [0.717, 1.165) is 16.8 Å². The molecule has 4 aromatic rings. The van der Waals surface area contributed by atoms with Crippen molar-refractivity contribution in [3.8, 4) is 22.5 Å². The van der Waals surface area contributed by atoms with E-state index < -0.39 is 0 Å². The monoisotopic (exact) mass is 315 g/mol. The zero-order valence-corrected chi connectivity index (χ0v) is 12.9. The van der Waals surface area contributed by atoms with Crippen molar-refractivity contribution in [2.24, 2.45) is 0 Å². The first kappa shape index (κ1) is 14.2. The van der Waals surface area contributed by atoms with Crippen molar-refractivity contribution in [1.29, 1.82) is 0 Å². The highest BCUT2D eigenvalue weighted by Crippen LogP contribution is 2.27. The van der Waals surface area contributed by atoms with E-state index in [1.807, 2.05) is 31.2 Å². The predicted octanol–water partition coefficient (Wildman–Crippen LogP) is 2.75. The minimum atomic E-state index is -0.200. The lowest BCUT2D eigenvalue weighted by Gasteiger charge is -2.08. The molecule has 4 rings (SSSR count). The molecule has 6 heteroatoms. The van der Waals surface area contributed by atoms with Gasteiger partial charge in [0.05, 0.1) is 23.1 Å². The lowest BCUT2D eigenvalue weighted by molar-refractivity contribution is 1.15. The molecule has 0 amide bonds. The highest BCUT2D eigenvalue weighted by molar-refractivity contribution is 5.93. The molecule has 116 valence electrons. The molecule has 0 aromatic carbocycles. The van der Waals surface area contributed by atoms with Gasteiger partial charge in [-0.25, -0.2) is 9.97 Å². The van der Waals surface area contributed by atoms with Crippen LogP contribution in [-0.2, 0) is 0 Å². The number of pyridine rings is 3. The second kappa shape index (κ2) is 5.66. The molecule has 1 N–H and O–H groups in total. The molecule has 6 nitrogen and oxygen atoms in total. The molecular formula is C18H13N5O. The van der Waals surface area contributed by atoms with Gasteiger partial charge in [0.1, 0.15) is 5.52 Å². The Balaban J connectivity index is 2.05. The first-order valence-electron chi connectivity index (χ1n) is 7.44. The smallest absolute Gasteiger partial charge is 0.258 e. The van der Waals surface area contributed by atoms with E-state index in [1.54, 1.807) is 24.7 Å². The fourth-order valence-electron chi connectivity index (χ4n) is 2.55. The fourth-order valence-corrected chi connectivity index (χ4v) is 2.55. The summed E-state index contributed by atoms with van der Waals surface area (Å²) in [4.78, 5) is 32.3. The quantitative estimate of drug-likeness (QED) is 0.615. The molecule has 24 heavy (non-hydrogen) atoms. The predicted molar refractivity (Wildman–Crippen MR) is 91.4 cm³/mol. The van der Waals surface area contributed by atoms with Crippen molar-refractivity contribution in [3.05, 3.63) is 71.3 Å². The minimum absolute atomic E-state index is 0.200. The van der Waals surface area contributed by atoms with Crippen molar-refractivity contribution >= 4 is 10.9 Å². The summed E-state index contributed by atoms with van der Waals surface area (Å²) in [7, 11) is 0. The Morgan fingerprint density at radius 2 is 1.96 bits per heavy atom. The van der Waals surface area contributed by atoms with Crippen LogP contribution in [0.2, 0.25) is 0 Å². The lowest BCUT2D eigenvalue weighted by Crippen LogP contribution is -2.08. The Hall–Kier alpha value is -3.41. The zero-order chi connectivity index (χ0) is 16.5. The van der Waals surface area contributed by atoms with Crippen LogP contribution in [0.3, 0.4) is 0 Å². The largest absolute Gasteiger partial charge is 0.313 e. The molecule has 0 aliphatic carbocycles. The first-order valence-corrected chi connectivity index (χ1v) is 7.44. The van der Waals surface area contributed by atoms with Crippen molar-refractivity contribution in [3.63, 3.8) is 0 Å². The number of aryl methyl sites for hydroxylation is 1. The molecule has 0 saturated carbocycles. The van der Waals surface area contributed by atoms with Crippen LogP contribution in [0.25, 0.3) is 33.4 Å². The van der Waals surface area contributed by atoms with Gasteiger partial charge in [-0.1, -0.05) is 0 Å². The van der Waals surface area contributed by atoms with Crippen LogP contribution in [0.1, 0.15) is 5.69 Å². The Morgan fingerprint density at radius 1 is 1.04 bits per heavy atom. The third-order valence-corrected chi connectivity index (χ3v) is 3.77. The Bertz CT molecular complexity index is 1070. The van der Waals surface area contributed by atoms with Crippen molar-refractivity contribution < 1.29 is 0 Å². The van der Waals surface area contributed by atoms with Crippen molar-refractivity contribution in [2.75, 3.05) is 0 Å². The number of nitrogens with one attached hydrogen (secondary N) is 1. The third kappa shape index (κ3) is 2.44. The number of nitrogens with zero attached hydrogens (tertiary/aromatic N) is 4. The summed E-state index contributed by atoms with van der Waals surface area (Å²) in [6.07, 6.45) is 6.54. The molecule has 0 unspecified atom stereocenters. The molecule has 0 saturated heterocycles. The van der Waals surface area contributed by atoms with Crippen LogP contribution in [0.4, 0.5) is 0 Å². The Kier molecular flexibility index (Phi) is 3.35. The van der Waals surface area contributed by atoms with Gasteiger partial charge in [-0.15, -0.1) is 0 Å². The topological polar surface area (TPSA) is 84.4 Å². The summed E-state index contributed by atoms with van der Waals surface area (Å²) in [5, 5.41) is 0.488. The molecular weight excluding hydrogens is 302 g/mol. The normalized spacial score (nSPS) is 10.9. The first-order chi connectivity index (χ1) is 11.7. The van der Waals surface area contributed by atoms with Crippen LogP contribution in [0.5, 0.6) is 0 Å².